The molecule has 1 heterocycles. The van der Waals surface area contributed by atoms with E-state index in [2.05, 4.69) is 10.2 Å². The first-order chi connectivity index (χ1) is 10.6. The van der Waals surface area contributed by atoms with Gasteiger partial charge in [-0.25, -0.2) is 9.18 Å². The average molecular weight is 309 g/mol. The van der Waals surface area contributed by atoms with Crippen LogP contribution in [0, 0.1) is 5.82 Å². The fraction of sp³-hybridized carbons (Fsp3) is 0.562. The standard InChI is InChI=1S/C16H24FN3O2/c1-19(10-11-21)16(22)18-15-6-8-20(9-7-15)12-13-2-4-14(17)5-3-13/h2-5,15,21H,6-12H2,1H3,(H,18,22). The fourth-order valence-electron chi connectivity index (χ4n) is 2.62. The number of aliphatic hydroxyl groups excluding tert-OH is 1. The number of urea groups is 1. The highest BCUT2D eigenvalue weighted by Gasteiger charge is 2.21. The summed E-state index contributed by atoms with van der Waals surface area (Å²) in [6.07, 6.45) is 1.81. The lowest BCUT2D eigenvalue weighted by molar-refractivity contribution is 0.167. The third-order valence-electron chi connectivity index (χ3n) is 4.02. The summed E-state index contributed by atoms with van der Waals surface area (Å²) in [7, 11) is 1.68. The number of nitrogens with zero attached hydrogens (tertiary/aromatic N) is 2. The first-order valence-corrected chi connectivity index (χ1v) is 7.68. The summed E-state index contributed by atoms with van der Waals surface area (Å²) in [6, 6.07) is 6.64. The molecular formula is C16H24FN3O2. The quantitative estimate of drug-likeness (QED) is 0.865. The zero-order valence-electron chi connectivity index (χ0n) is 13.0. The van der Waals surface area contributed by atoms with E-state index in [0.717, 1.165) is 38.0 Å². The molecule has 1 fully saturated rings. The summed E-state index contributed by atoms with van der Waals surface area (Å²) >= 11 is 0. The van der Waals surface area contributed by atoms with Crippen LogP contribution in [0.3, 0.4) is 0 Å². The molecule has 5 nitrogen and oxygen atoms in total. The Bertz CT molecular complexity index is 473. The number of amides is 2. The highest BCUT2D eigenvalue weighted by Crippen LogP contribution is 2.14. The van der Waals surface area contributed by atoms with Gasteiger partial charge in [-0.15, -0.1) is 0 Å². The molecule has 0 saturated carbocycles. The monoisotopic (exact) mass is 309 g/mol. The van der Waals surface area contributed by atoms with Gasteiger partial charge in [0.1, 0.15) is 5.82 Å². The summed E-state index contributed by atoms with van der Waals surface area (Å²) in [6.45, 7) is 2.94. The van der Waals surface area contributed by atoms with Crippen molar-refractivity contribution in [2.75, 3.05) is 33.3 Å². The largest absolute Gasteiger partial charge is 0.395 e. The third kappa shape index (κ3) is 4.96. The maximum absolute atomic E-state index is 12.9. The number of likely N-dealkylation sites (tertiary alicyclic amines) is 1. The van der Waals surface area contributed by atoms with Crippen LogP contribution in [0.25, 0.3) is 0 Å². The van der Waals surface area contributed by atoms with Gasteiger partial charge >= 0.3 is 6.03 Å². The lowest BCUT2D eigenvalue weighted by atomic mass is 10.0. The summed E-state index contributed by atoms with van der Waals surface area (Å²) in [5, 5.41) is 11.8. The Labute approximate surface area is 130 Å². The highest BCUT2D eigenvalue weighted by molar-refractivity contribution is 5.74. The van der Waals surface area contributed by atoms with Gasteiger partial charge in [-0.3, -0.25) is 4.90 Å². The van der Waals surface area contributed by atoms with Crippen molar-refractivity contribution in [3.8, 4) is 0 Å². The van der Waals surface area contributed by atoms with Gasteiger partial charge in [0.2, 0.25) is 0 Å². The molecule has 0 aromatic heterocycles. The number of halogens is 1. The van der Waals surface area contributed by atoms with Gasteiger partial charge in [0.15, 0.2) is 0 Å². The molecule has 0 unspecified atom stereocenters. The molecule has 122 valence electrons. The third-order valence-corrected chi connectivity index (χ3v) is 4.02. The summed E-state index contributed by atoms with van der Waals surface area (Å²) in [5.74, 6) is -0.211. The van der Waals surface area contributed by atoms with Gasteiger partial charge in [-0.1, -0.05) is 12.1 Å². The Morgan fingerprint density at radius 3 is 2.59 bits per heavy atom. The van der Waals surface area contributed by atoms with Gasteiger partial charge in [0.25, 0.3) is 0 Å². The summed E-state index contributed by atoms with van der Waals surface area (Å²) < 4.78 is 12.9. The first kappa shape index (κ1) is 16.7. The van der Waals surface area contributed by atoms with Crippen molar-refractivity contribution in [1.29, 1.82) is 0 Å². The van der Waals surface area contributed by atoms with Crippen LogP contribution in [-0.4, -0.2) is 60.3 Å². The van der Waals surface area contributed by atoms with Crippen molar-refractivity contribution >= 4 is 6.03 Å². The van der Waals surface area contributed by atoms with Crippen LogP contribution in [0.1, 0.15) is 18.4 Å². The molecule has 1 aliphatic rings. The molecule has 2 rings (SSSR count). The van der Waals surface area contributed by atoms with Crippen molar-refractivity contribution < 1.29 is 14.3 Å². The van der Waals surface area contributed by atoms with Crippen LogP contribution in [-0.2, 0) is 6.54 Å². The van der Waals surface area contributed by atoms with Crippen molar-refractivity contribution in [3.05, 3.63) is 35.6 Å². The minimum absolute atomic E-state index is 0.0277. The number of rotatable bonds is 5. The molecule has 2 amide bonds. The SMILES string of the molecule is CN(CCO)C(=O)NC1CCN(Cc2ccc(F)cc2)CC1. The van der Waals surface area contributed by atoms with E-state index in [4.69, 9.17) is 5.11 Å². The summed E-state index contributed by atoms with van der Waals surface area (Å²) in [4.78, 5) is 15.7. The van der Waals surface area contributed by atoms with Crippen molar-refractivity contribution in [2.45, 2.75) is 25.4 Å². The lowest BCUT2D eigenvalue weighted by Gasteiger charge is -2.33. The molecule has 0 atom stereocenters. The van der Waals surface area contributed by atoms with Gasteiger partial charge in [0, 0.05) is 39.3 Å². The van der Waals surface area contributed by atoms with Crippen LogP contribution in [0.15, 0.2) is 24.3 Å². The van der Waals surface area contributed by atoms with E-state index in [9.17, 15) is 9.18 Å². The van der Waals surface area contributed by atoms with E-state index in [1.54, 1.807) is 7.05 Å². The first-order valence-electron chi connectivity index (χ1n) is 7.68. The van der Waals surface area contributed by atoms with E-state index < -0.39 is 0 Å². The van der Waals surface area contributed by atoms with Crippen molar-refractivity contribution in [2.24, 2.45) is 0 Å². The Morgan fingerprint density at radius 1 is 1.36 bits per heavy atom. The predicted molar refractivity (Wildman–Crippen MR) is 82.9 cm³/mol. The second-order valence-corrected chi connectivity index (χ2v) is 5.77. The van der Waals surface area contributed by atoms with Gasteiger partial charge in [0.05, 0.1) is 6.61 Å². The van der Waals surface area contributed by atoms with Crippen LogP contribution in [0.2, 0.25) is 0 Å². The number of carbonyl (C=O) groups excluding carboxylic acids is 1. The van der Waals surface area contributed by atoms with Crippen LogP contribution in [0.4, 0.5) is 9.18 Å². The normalized spacial score (nSPS) is 16.5. The summed E-state index contributed by atoms with van der Waals surface area (Å²) in [5.41, 5.74) is 1.10. The Hall–Kier alpha value is -1.66. The van der Waals surface area contributed by atoms with Crippen LogP contribution < -0.4 is 5.32 Å². The van der Waals surface area contributed by atoms with Gasteiger partial charge in [-0.2, -0.15) is 0 Å². The smallest absolute Gasteiger partial charge is 0.317 e. The van der Waals surface area contributed by atoms with Crippen molar-refractivity contribution in [1.82, 2.24) is 15.1 Å². The van der Waals surface area contributed by atoms with E-state index >= 15 is 0 Å². The molecule has 1 aromatic carbocycles. The predicted octanol–water partition coefficient (Wildman–Crippen LogP) is 1.42. The highest BCUT2D eigenvalue weighted by atomic mass is 19.1. The number of piperidine rings is 1. The molecule has 1 aromatic rings. The molecule has 2 N–H and O–H groups in total. The zero-order chi connectivity index (χ0) is 15.9. The molecule has 0 spiro atoms. The maximum Gasteiger partial charge on any atom is 0.317 e. The van der Waals surface area contributed by atoms with E-state index in [1.807, 2.05) is 12.1 Å². The molecule has 6 heteroatoms. The van der Waals surface area contributed by atoms with Gasteiger partial charge in [-0.05, 0) is 30.5 Å². The molecule has 1 saturated heterocycles. The number of likely N-dealkylation sites (N-methyl/N-ethyl adjacent to an activating group) is 1. The van der Waals surface area contributed by atoms with Crippen LogP contribution >= 0.6 is 0 Å². The number of benzene rings is 1. The second kappa shape index (κ2) is 8.10. The minimum atomic E-state index is -0.211. The van der Waals surface area contributed by atoms with E-state index in [-0.39, 0.29) is 24.5 Å². The maximum atomic E-state index is 12.9. The molecule has 0 aliphatic carbocycles. The minimum Gasteiger partial charge on any atom is -0.395 e. The number of carbonyl (C=O) groups is 1. The van der Waals surface area contributed by atoms with Crippen LogP contribution in [0.5, 0.6) is 0 Å². The molecule has 0 bridgehead atoms. The molecule has 0 radical (unpaired) electrons. The Morgan fingerprint density at radius 2 is 2.00 bits per heavy atom. The molecular weight excluding hydrogens is 285 g/mol. The Kier molecular flexibility index (Phi) is 6.15. The zero-order valence-corrected chi connectivity index (χ0v) is 13.0. The molecule has 1 aliphatic heterocycles. The number of hydrogen-bond acceptors (Lipinski definition) is 3. The average Bonchev–Trinajstić information content (AvgIpc) is 2.51. The fourth-order valence-corrected chi connectivity index (χ4v) is 2.62. The van der Waals surface area contributed by atoms with E-state index in [0.29, 0.717) is 6.54 Å². The molecule has 22 heavy (non-hydrogen) atoms. The number of hydrogen-bond donors (Lipinski definition) is 2. The van der Waals surface area contributed by atoms with Crippen molar-refractivity contribution in [3.63, 3.8) is 0 Å². The number of aliphatic hydroxyl groups is 1. The second-order valence-electron chi connectivity index (χ2n) is 5.77. The Balaban J connectivity index is 1.73. The lowest BCUT2D eigenvalue weighted by Crippen LogP contribution is -2.48. The van der Waals surface area contributed by atoms with E-state index in [1.165, 1.54) is 17.0 Å². The van der Waals surface area contributed by atoms with Gasteiger partial charge < -0.3 is 15.3 Å². The topological polar surface area (TPSA) is 55.8 Å². The number of nitrogens with one attached hydrogen (secondary N) is 1.